The lowest BCUT2D eigenvalue weighted by molar-refractivity contribution is -0.0685. The van der Waals surface area contributed by atoms with E-state index in [1.807, 2.05) is 0 Å². The van der Waals surface area contributed by atoms with Gasteiger partial charge in [0.05, 0.1) is 18.3 Å². The van der Waals surface area contributed by atoms with Crippen molar-refractivity contribution in [2.75, 3.05) is 6.61 Å². The number of benzene rings is 1. The van der Waals surface area contributed by atoms with Crippen LogP contribution >= 0.6 is 0 Å². The van der Waals surface area contributed by atoms with Crippen LogP contribution in [0.15, 0.2) is 24.3 Å². The van der Waals surface area contributed by atoms with Crippen LogP contribution in [0.1, 0.15) is 68.4 Å². The van der Waals surface area contributed by atoms with Gasteiger partial charge in [-0.1, -0.05) is 49.1 Å². The van der Waals surface area contributed by atoms with E-state index in [4.69, 9.17) is 4.74 Å². The van der Waals surface area contributed by atoms with Gasteiger partial charge < -0.3 is 9.84 Å². The summed E-state index contributed by atoms with van der Waals surface area (Å²) in [6.45, 7) is 2.32. The van der Waals surface area contributed by atoms with Gasteiger partial charge in [0.2, 0.25) is 0 Å². The van der Waals surface area contributed by atoms with E-state index in [1.54, 1.807) is 0 Å². The van der Waals surface area contributed by atoms with E-state index in [0.29, 0.717) is 6.10 Å². The van der Waals surface area contributed by atoms with Crippen LogP contribution in [-0.2, 0) is 4.74 Å². The van der Waals surface area contributed by atoms with E-state index in [-0.39, 0.29) is 18.1 Å². The van der Waals surface area contributed by atoms with Crippen LogP contribution in [0.3, 0.4) is 0 Å². The number of aryl methyl sites for hydroxylation is 1. The molecule has 1 saturated carbocycles. The van der Waals surface area contributed by atoms with E-state index in [9.17, 15) is 5.11 Å². The van der Waals surface area contributed by atoms with Crippen LogP contribution in [0.4, 0.5) is 0 Å². The van der Waals surface area contributed by atoms with Crippen LogP contribution in [0.5, 0.6) is 0 Å². The molecule has 0 radical (unpaired) electrons. The summed E-state index contributed by atoms with van der Waals surface area (Å²) in [4.78, 5) is 0. The molecule has 2 nitrogen and oxygen atoms in total. The Balaban J connectivity index is 1.61. The van der Waals surface area contributed by atoms with Crippen molar-refractivity contribution in [3.63, 3.8) is 0 Å². The number of ether oxygens (including phenoxy) is 1. The number of rotatable bonds is 4. The lowest BCUT2D eigenvalue weighted by Crippen LogP contribution is -2.32. The third kappa shape index (κ3) is 3.49. The first-order valence-corrected chi connectivity index (χ1v) is 8.56. The summed E-state index contributed by atoms with van der Waals surface area (Å²) in [5.41, 5.74) is 2.71. The largest absolute Gasteiger partial charge is 0.396 e. The van der Waals surface area contributed by atoms with Crippen molar-refractivity contribution in [2.45, 2.75) is 75.9 Å². The maximum Gasteiger partial charge on any atom is 0.0687 e. The molecular formula is C19H28O2. The Kier molecular flexibility index (Phi) is 4.66. The highest BCUT2D eigenvalue weighted by atomic mass is 16.5. The molecule has 1 aromatic rings. The van der Waals surface area contributed by atoms with Gasteiger partial charge in [0.25, 0.3) is 0 Å². The molecule has 0 amide bonds. The molecule has 2 atom stereocenters. The Labute approximate surface area is 128 Å². The van der Waals surface area contributed by atoms with Gasteiger partial charge in [-0.15, -0.1) is 0 Å². The number of hydrogen-bond donors (Lipinski definition) is 1. The van der Waals surface area contributed by atoms with Gasteiger partial charge in [-0.3, -0.25) is 0 Å². The molecule has 2 heteroatoms. The lowest BCUT2D eigenvalue weighted by Gasteiger charge is -2.33. The molecule has 1 aromatic carbocycles. The van der Waals surface area contributed by atoms with Crippen molar-refractivity contribution in [2.24, 2.45) is 0 Å². The molecule has 2 unspecified atom stereocenters. The Morgan fingerprint density at radius 1 is 1.14 bits per heavy atom. The monoisotopic (exact) mass is 288 g/mol. The van der Waals surface area contributed by atoms with Crippen LogP contribution < -0.4 is 0 Å². The highest BCUT2D eigenvalue weighted by molar-refractivity contribution is 5.24. The van der Waals surface area contributed by atoms with Gasteiger partial charge in [0.1, 0.15) is 0 Å². The highest BCUT2D eigenvalue weighted by Gasteiger charge is 2.41. The fourth-order valence-corrected chi connectivity index (χ4v) is 4.10. The molecule has 21 heavy (non-hydrogen) atoms. The minimum absolute atomic E-state index is 0.191. The smallest absolute Gasteiger partial charge is 0.0687 e. The molecule has 1 saturated heterocycles. The Morgan fingerprint density at radius 2 is 1.86 bits per heavy atom. The highest BCUT2D eigenvalue weighted by Crippen LogP contribution is 2.43. The zero-order valence-corrected chi connectivity index (χ0v) is 13.2. The van der Waals surface area contributed by atoms with Gasteiger partial charge >= 0.3 is 0 Å². The molecule has 116 valence electrons. The molecule has 1 aliphatic heterocycles. The fraction of sp³-hybridized carbons (Fsp3) is 0.684. The second kappa shape index (κ2) is 6.50. The molecule has 1 spiro atoms. The maximum atomic E-state index is 9.76. The minimum atomic E-state index is 0.191. The fourth-order valence-electron chi connectivity index (χ4n) is 4.10. The van der Waals surface area contributed by atoms with Crippen molar-refractivity contribution in [1.82, 2.24) is 0 Å². The zero-order chi connectivity index (χ0) is 14.7. The first-order valence-electron chi connectivity index (χ1n) is 8.56. The summed E-state index contributed by atoms with van der Waals surface area (Å²) in [7, 11) is 0. The molecule has 0 bridgehead atoms. The molecule has 1 N–H and O–H groups in total. The van der Waals surface area contributed by atoms with Crippen LogP contribution in [0.25, 0.3) is 0 Å². The lowest BCUT2D eigenvalue weighted by atomic mass is 9.83. The SMILES string of the molecule is Cc1ccc(C(CO)CC2CCC3(CCCCC3)O2)cc1. The number of aliphatic hydroxyl groups excluding tert-OH is 1. The summed E-state index contributed by atoms with van der Waals surface area (Å²) >= 11 is 0. The summed E-state index contributed by atoms with van der Waals surface area (Å²) < 4.78 is 6.46. The van der Waals surface area contributed by atoms with E-state index in [0.717, 1.165) is 6.42 Å². The molecule has 1 heterocycles. The van der Waals surface area contributed by atoms with E-state index < -0.39 is 0 Å². The van der Waals surface area contributed by atoms with Gasteiger partial charge in [-0.05, 0) is 44.6 Å². The van der Waals surface area contributed by atoms with Gasteiger partial charge in [-0.25, -0.2) is 0 Å². The van der Waals surface area contributed by atoms with Gasteiger partial charge in [-0.2, -0.15) is 0 Å². The number of aliphatic hydroxyl groups is 1. The predicted octanol–water partition coefficient (Wildman–Crippen LogP) is 4.34. The van der Waals surface area contributed by atoms with Crippen molar-refractivity contribution in [1.29, 1.82) is 0 Å². The minimum Gasteiger partial charge on any atom is -0.396 e. The molecule has 3 rings (SSSR count). The summed E-state index contributed by atoms with van der Waals surface area (Å²) in [5, 5.41) is 9.76. The normalized spacial score (nSPS) is 26.1. The average Bonchev–Trinajstić information content (AvgIpc) is 2.89. The topological polar surface area (TPSA) is 29.5 Å². The Bertz CT molecular complexity index is 445. The molecule has 1 aliphatic carbocycles. The van der Waals surface area contributed by atoms with Crippen LogP contribution in [-0.4, -0.2) is 23.4 Å². The van der Waals surface area contributed by atoms with E-state index in [2.05, 4.69) is 31.2 Å². The molecule has 2 fully saturated rings. The summed E-state index contributed by atoms with van der Waals surface area (Å²) in [5.74, 6) is 0.217. The number of hydrogen-bond acceptors (Lipinski definition) is 2. The summed E-state index contributed by atoms with van der Waals surface area (Å²) in [6, 6.07) is 8.58. The Hall–Kier alpha value is -0.860. The van der Waals surface area contributed by atoms with E-state index >= 15 is 0 Å². The first kappa shape index (κ1) is 15.1. The van der Waals surface area contributed by atoms with Crippen LogP contribution in [0.2, 0.25) is 0 Å². The third-order valence-corrected chi connectivity index (χ3v) is 5.42. The predicted molar refractivity (Wildman–Crippen MR) is 85.5 cm³/mol. The van der Waals surface area contributed by atoms with Crippen molar-refractivity contribution >= 4 is 0 Å². The molecule has 2 aliphatic rings. The van der Waals surface area contributed by atoms with Crippen molar-refractivity contribution in [3.05, 3.63) is 35.4 Å². The molecule has 0 aromatic heterocycles. The Morgan fingerprint density at radius 3 is 2.52 bits per heavy atom. The first-order chi connectivity index (χ1) is 10.2. The maximum absolute atomic E-state index is 9.76. The van der Waals surface area contributed by atoms with Crippen molar-refractivity contribution in [3.8, 4) is 0 Å². The average molecular weight is 288 g/mol. The van der Waals surface area contributed by atoms with E-state index in [1.165, 1.54) is 56.1 Å². The quantitative estimate of drug-likeness (QED) is 0.893. The van der Waals surface area contributed by atoms with Crippen LogP contribution in [0, 0.1) is 6.92 Å². The molecular weight excluding hydrogens is 260 g/mol. The second-order valence-electron chi connectivity index (χ2n) is 7.05. The van der Waals surface area contributed by atoms with Crippen molar-refractivity contribution < 1.29 is 9.84 Å². The zero-order valence-electron chi connectivity index (χ0n) is 13.2. The second-order valence-corrected chi connectivity index (χ2v) is 7.05. The standard InChI is InChI=1S/C19H28O2/c1-15-5-7-16(8-6-15)17(14-20)13-18-9-12-19(21-18)10-3-2-4-11-19/h5-8,17-18,20H,2-4,9-14H2,1H3. The summed E-state index contributed by atoms with van der Waals surface area (Å²) in [6.07, 6.45) is 10.2. The van der Waals surface area contributed by atoms with Gasteiger partial charge in [0, 0.05) is 5.92 Å². The third-order valence-electron chi connectivity index (χ3n) is 5.42. The van der Waals surface area contributed by atoms with Gasteiger partial charge in [0.15, 0.2) is 0 Å².